The zero-order chi connectivity index (χ0) is 17.9. The minimum absolute atomic E-state index is 0.774. The van der Waals surface area contributed by atoms with Gasteiger partial charge in [0.05, 0.1) is 13.2 Å². The van der Waals surface area contributed by atoms with E-state index in [0.29, 0.717) is 0 Å². The standard InChI is InChI=1S/C19H19BrN4OS/c1-13-2-3-15(12-17(13)26-24-8-10-25-11-9-24)19-21-18(22-23-19)14-4-6-16(20)7-5-14/h2-7,12H,8-11H2,1H3,(H,21,22,23). The Kier molecular flexibility index (Phi) is 5.40. The molecule has 0 aliphatic carbocycles. The normalized spacial score (nSPS) is 15.3. The van der Waals surface area contributed by atoms with Gasteiger partial charge in [-0.05, 0) is 42.6 Å². The summed E-state index contributed by atoms with van der Waals surface area (Å²) in [6.07, 6.45) is 0. The Bertz CT molecular complexity index is 891. The lowest BCUT2D eigenvalue weighted by atomic mass is 10.1. The first-order chi connectivity index (χ1) is 12.7. The van der Waals surface area contributed by atoms with Crippen LogP contribution in [0.1, 0.15) is 5.56 Å². The van der Waals surface area contributed by atoms with Crippen molar-refractivity contribution in [3.05, 3.63) is 52.5 Å². The van der Waals surface area contributed by atoms with Gasteiger partial charge in [-0.15, -0.1) is 10.2 Å². The molecule has 7 heteroatoms. The maximum absolute atomic E-state index is 5.43. The van der Waals surface area contributed by atoms with Crippen LogP contribution in [0.5, 0.6) is 0 Å². The second-order valence-corrected chi connectivity index (χ2v) is 8.20. The SMILES string of the molecule is Cc1ccc(-c2nnc(-c3ccc(Br)cc3)[nH]2)cc1SN1CCOCC1. The highest BCUT2D eigenvalue weighted by atomic mass is 79.9. The van der Waals surface area contributed by atoms with Gasteiger partial charge in [0.15, 0.2) is 11.6 Å². The maximum Gasteiger partial charge on any atom is 0.161 e. The number of benzene rings is 2. The van der Waals surface area contributed by atoms with Gasteiger partial charge in [-0.1, -0.05) is 40.2 Å². The zero-order valence-corrected chi connectivity index (χ0v) is 16.8. The van der Waals surface area contributed by atoms with Crippen molar-refractivity contribution in [2.45, 2.75) is 11.8 Å². The Morgan fingerprint density at radius 2 is 1.65 bits per heavy atom. The van der Waals surface area contributed by atoms with Crippen molar-refractivity contribution >= 4 is 27.9 Å². The number of rotatable bonds is 4. The average molecular weight is 431 g/mol. The van der Waals surface area contributed by atoms with Crippen LogP contribution in [0.3, 0.4) is 0 Å². The number of nitrogens with zero attached hydrogens (tertiary/aromatic N) is 3. The maximum atomic E-state index is 5.43. The predicted octanol–water partition coefficient (Wildman–Crippen LogP) is 4.55. The molecule has 0 amide bonds. The summed E-state index contributed by atoms with van der Waals surface area (Å²) in [5.74, 6) is 1.56. The highest BCUT2D eigenvalue weighted by Crippen LogP contribution is 2.31. The monoisotopic (exact) mass is 430 g/mol. The number of aromatic amines is 1. The van der Waals surface area contributed by atoms with Crippen molar-refractivity contribution in [3.8, 4) is 22.8 Å². The van der Waals surface area contributed by atoms with Gasteiger partial charge in [0.25, 0.3) is 0 Å². The number of hydrogen-bond acceptors (Lipinski definition) is 5. The second-order valence-electron chi connectivity index (χ2n) is 6.14. The molecule has 1 aromatic heterocycles. The molecule has 1 aliphatic heterocycles. The van der Waals surface area contributed by atoms with Crippen molar-refractivity contribution in [2.24, 2.45) is 0 Å². The van der Waals surface area contributed by atoms with Crippen molar-refractivity contribution < 1.29 is 4.74 Å². The molecule has 1 aliphatic rings. The van der Waals surface area contributed by atoms with E-state index in [1.807, 2.05) is 24.3 Å². The summed E-state index contributed by atoms with van der Waals surface area (Å²) < 4.78 is 8.83. The first-order valence-electron chi connectivity index (χ1n) is 8.49. The fraction of sp³-hybridized carbons (Fsp3) is 0.263. The molecule has 0 atom stereocenters. The van der Waals surface area contributed by atoms with E-state index in [1.165, 1.54) is 10.5 Å². The van der Waals surface area contributed by atoms with Gasteiger partial charge >= 0.3 is 0 Å². The van der Waals surface area contributed by atoms with E-state index in [-0.39, 0.29) is 0 Å². The summed E-state index contributed by atoms with van der Waals surface area (Å²) in [6.45, 7) is 5.63. The lowest BCUT2D eigenvalue weighted by Crippen LogP contribution is -2.30. The molecule has 4 rings (SSSR count). The van der Waals surface area contributed by atoms with Gasteiger partial charge in [-0.25, -0.2) is 4.31 Å². The van der Waals surface area contributed by atoms with Crippen LogP contribution in [0.2, 0.25) is 0 Å². The van der Waals surface area contributed by atoms with E-state index in [1.54, 1.807) is 11.9 Å². The third-order valence-corrected chi connectivity index (χ3v) is 6.05. The summed E-state index contributed by atoms with van der Waals surface area (Å²) in [4.78, 5) is 4.58. The van der Waals surface area contributed by atoms with E-state index < -0.39 is 0 Å². The lowest BCUT2D eigenvalue weighted by molar-refractivity contribution is 0.0773. The fourth-order valence-electron chi connectivity index (χ4n) is 2.75. The summed E-state index contributed by atoms with van der Waals surface area (Å²) >= 11 is 5.25. The number of aromatic nitrogens is 3. The van der Waals surface area contributed by atoms with E-state index in [2.05, 4.69) is 60.5 Å². The van der Waals surface area contributed by atoms with Crippen LogP contribution in [0.15, 0.2) is 51.8 Å². The molecule has 1 saturated heterocycles. The molecule has 0 spiro atoms. The molecular weight excluding hydrogens is 412 g/mol. The van der Waals surface area contributed by atoms with Crippen LogP contribution in [-0.4, -0.2) is 45.8 Å². The van der Waals surface area contributed by atoms with E-state index in [0.717, 1.165) is 53.6 Å². The van der Waals surface area contributed by atoms with Crippen LogP contribution in [0.4, 0.5) is 0 Å². The number of hydrogen-bond donors (Lipinski definition) is 1. The lowest BCUT2D eigenvalue weighted by Gasteiger charge is -2.26. The van der Waals surface area contributed by atoms with Crippen LogP contribution in [0, 0.1) is 6.92 Å². The molecule has 0 saturated carbocycles. The Hall–Kier alpha value is -1.67. The highest BCUT2D eigenvalue weighted by molar-refractivity contribution is 9.10. The van der Waals surface area contributed by atoms with Gasteiger partial charge in [0, 0.05) is 33.6 Å². The van der Waals surface area contributed by atoms with Crippen LogP contribution in [0.25, 0.3) is 22.8 Å². The van der Waals surface area contributed by atoms with Crippen molar-refractivity contribution in [1.29, 1.82) is 0 Å². The van der Waals surface area contributed by atoms with Gasteiger partial charge in [0.2, 0.25) is 0 Å². The number of halogens is 1. The van der Waals surface area contributed by atoms with Crippen LogP contribution < -0.4 is 0 Å². The molecule has 1 N–H and O–H groups in total. The summed E-state index contributed by atoms with van der Waals surface area (Å²) in [5.41, 5.74) is 3.32. The Labute approximate surface area is 165 Å². The van der Waals surface area contributed by atoms with Crippen molar-refractivity contribution in [1.82, 2.24) is 19.5 Å². The molecule has 26 heavy (non-hydrogen) atoms. The fourth-order valence-corrected chi connectivity index (χ4v) is 4.02. The summed E-state index contributed by atoms with van der Waals surface area (Å²) in [5, 5.41) is 8.65. The van der Waals surface area contributed by atoms with E-state index in [4.69, 9.17) is 4.74 Å². The van der Waals surface area contributed by atoms with Gasteiger partial charge in [0.1, 0.15) is 0 Å². The summed E-state index contributed by atoms with van der Waals surface area (Å²) in [6, 6.07) is 14.4. The molecule has 2 aromatic carbocycles. The highest BCUT2D eigenvalue weighted by Gasteiger charge is 2.15. The van der Waals surface area contributed by atoms with Gasteiger partial charge in [-0.3, -0.25) is 0 Å². The smallest absolute Gasteiger partial charge is 0.161 e. The first kappa shape index (κ1) is 17.7. The van der Waals surface area contributed by atoms with Crippen molar-refractivity contribution in [3.63, 3.8) is 0 Å². The molecule has 5 nitrogen and oxygen atoms in total. The minimum Gasteiger partial charge on any atom is -0.379 e. The Morgan fingerprint density at radius 3 is 2.38 bits per heavy atom. The molecule has 134 valence electrons. The molecule has 0 radical (unpaired) electrons. The average Bonchev–Trinajstić information content (AvgIpc) is 3.15. The Morgan fingerprint density at radius 1 is 1.00 bits per heavy atom. The van der Waals surface area contributed by atoms with Gasteiger partial charge in [-0.2, -0.15) is 0 Å². The third-order valence-electron chi connectivity index (χ3n) is 4.26. The Balaban J connectivity index is 1.57. The molecular formula is C19H19BrN4OS. The van der Waals surface area contributed by atoms with Crippen molar-refractivity contribution in [2.75, 3.05) is 26.3 Å². The predicted molar refractivity (Wildman–Crippen MR) is 108 cm³/mol. The molecule has 3 aromatic rings. The quantitative estimate of drug-likeness (QED) is 0.615. The second kappa shape index (κ2) is 7.92. The molecule has 1 fully saturated rings. The number of aryl methyl sites for hydroxylation is 1. The molecule has 0 bridgehead atoms. The third kappa shape index (κ3) is 4.01. The van der Waals surface area contributed by atoms with E-state index in [9.17, 15) is 0 Å². The zero-order valence-electron chi connectivity index (χ0n) is 14.4. The van der Waals surface area contributed by atoms with Crippen LogP contribution in [-0.2, 0) is 4.74 Å². The number of H-pyrrole nitrogens is 1. The topological polar surface area (TPSA) is 54.0 Å². The molecule has 2 heterocycles. The number of nitrogens with one attached hydrogen (secondary N) is 1. The van der Waals surface area contributed by atoms with Gasteiger partial charge < -0.3 is 9.72 Å². The number of morpholine rings is 1. The number of ether oxygens (including phenoxy) is 1. The largest absolute Gasteiger partial charge is 0.379 e. The summed E-state index contributed by atoms with van der Waals surface area (Å²) in [7, 11) is 0. The van der Waals surface area contributed by atoms with E-state index >= 15 is 0 Å². The first-order valence-corrected chi connectivity index (χ1v) is 10.1. The minimum atomic E-state index is 0.774. The molecule has 0 unspecified atom stereocenters. The van der Waals surface area contributed by atoms with Crippen LogP contribution >= 0.6 is 27.9 Å².